The van der Waals surface area contributed by atoms with Gasteiger partial charge in [-0.2, -0.15) is 0 Å². The van der Waals surface area contributed by atoms with E-state index in [1.165, 1.54) is 0 Å². The predicted molar refractivity (Wildman–Crippen MR) is 103 cm³/mol. The van der Waals surface area contributed by atoms with Crippen LogP contribution in [0.4, 0.5) is 5.95 Å². The van der Waals surface area contributed by atoms with Crippen LogP contribution in [0.25, 0.3) is 11.0 Å². The Hall–Kier alpha value is -2.81. The molecule has 2 amide bonds. The zero-order chi connectivity index (χ0) is 20.1. The van der Waals surface area contributed by atoms with Crippen molar-refractivity contribution in [3.63, 3.8) is 0 Å². The molecule has 1 aromatic carbocycles. The highest BCUT2D eigenvalue weighted by atomic mass is 16.5. The Kier molecular flexibility index (Phi) is 6.35. The van der Waals surface area contributed by atoms with Gasteiger partial charge in [0.25, 0.3) is 5.95 Å². The number of anilines is 1. The summed E-state index contributed by atoms with van der Waals surface area (Å²) in [7, 11) is 0. The first-order valence-electron chi connectivity index (χ1n) is 9.54. The lowest BCUT2D eigenvalue weighted by molar-refractivity contribution is -0.155. The van der Waals surface area contributed by atoms with Crippen LogP contribution in [0, 0.1) is 24.7 Å². The van der Waals surface area contributed by atoms with E-state index in [9.17, 15) is 14.8 Å². The summed E-state index contributed by atoms with van der Waals surface area (Å²) < 4.78 is 0. The van der Waals surface area contributed by atoms with Crippen LogP contribution in [0.3, 0.4) is 0 Å². The average Bonchev–Trinajstić information content (AvgIpc) is 3.10. The van der Waals surface area contributed by atoms with Gasteiger partial charge in [-0.1, -0.05) is 38.3 Å². The number of carbonyl (C=O) groups is 2. The summed E-state index contributed by atoms with van der Waals surface area (Å²) in [6.07, 6.45) is 4.26. The van der Waals surface area contributed by atoms with E-state index in [2.05, 4.69) is 33.0 Å². The van der Waals surface area contributed by atoms with Gasteiger partial charge in [-0.25, -0.2) is 10.0 Å². The van der Waals surface area contributed by atoms with E-state index in [0.29, 0.717) is 40.8 Å². The molecule has 0 aliphatic heterocycles. The maximum Gasteiger partial charge on any atom is 0.262 e. The summed E-state index contributed by atoms with van der Waals surface area (Å²) in [5, 5.41) is 18.2. The van der Waals surface area contributed by atoms with Crippen LogP contribution in [-0.2, 0) is 9.59 Å². The molecule has 9 heteroatoms. The van der Waals surface area contributed by atoms with Crippen LogP contribution in [0.15, 0.2) is 18.2 Å². The van der Waals surface area contributed by atoms with Gasteiger partial charge < -0.3 is 0 Å². The van der Waals surface area contributed by atoms with Gasteiger partial charge >= 0.3 is 0 Å². The third-order valence-corrected chi connectivity index (χ3v) is 5.51. The molecule has 0 spiro atoms. The number of hydrazine groups is 1. The fraction of sp³-hybridized carbons (Fsp3) is 0.526. The second-order valence-corrected chi connectivity index (χ2v) is 7.52. The van der Waals surface area contributed by atoms with Gasteiger partial charge in [0.15, 0.2) is 0 Å². The van der Waals surface area contributed by atoms with Gasteiger partial charge in [-0.3, -0.25) is 25.6 Å². The maximum absolute atomic E-state index is 12.7. The number of aryl methyl sites for hydroxylation is 1. The van der Waals surface area contributed by atoms with Crippen LogP contribution >= 0.6 is 0 Å². The molecule has 1 aliphatic carbocycles. The quantitative estimate of drug-likeness (QED) is 0.361. The molecule has 0 radical (unpaired) electrons. The Morgan fingerprint density at radius 1 is 1.39 bits per heavy atom. The Balaban J connectivity index is 1.66. The van der Waals surface area contributed by atoms with E-state index in [0.717, 1.165) is 24.8 Å². The number of hydrogen-bond donors (Lipinski definition) is 3. The first-order chi connectivity index (χ1) is 13.5. The van der Waals surface area contributed by atoms with E-state index in [4.69, 9.17) is 0 Å². The Bertz CT molecular complexity index is 846. The molecule has 3 atom stereocenters. The highest BCUT2D eigenvalue weighted by molar-refractivity contribution is 5.81. The van der Waals surface area contributed by atoms with Crippen molar-refractivity contribution in [1.29, 1.82) is 0 Å². The number of nitrogens with zero attached hydrogens (tertiary/aromatic N) is 4. The standard InChI is InChI=1S/C19H26N6O3/c1-12-5-3-7-14(12)9-15(10-25(28)11-26)18(27)22-24-19-20-17-13(2)6-4-8-16(17)21-23-19/h4,6,8,11-12,14-15,28H,3,5,7,9-10H2,1-2H3,(H,22,27)(H,20,23,24). The summed E-state index contributed by atoms with van der Waals surface area (Å²) in [5.41, 5.74) is 7.62. The zero-order valence-corrected chi connectivity index (χ0v) is 16.1. The van der Waals surface area contributed by atoms with Crippen molar-refractivity contribution in [2.45, 2.75) is 39.5 Å². The van der Waals surface area contributed by atoms with Gasteiger partial charge in [0, 0.05) is 0 Å². The van der Waals surface area contributed by atoms with Crippen LogP contribution < -0.4 is 10.9 Å². The van der Waals surface area contributed by atoms with E-state index < -0.39 is 5.92 Å². The van der Waals surface area contributed by atoms with Gasteiger partial charge in [-0.05, 0) is 36.8 Å². The van der Waals surface area contributed by atoms with Crippen LogP contribution in [-0.4, -0.2) is 44.3 Å². The number of aromatic nitrogens is 3. The normalized spacial score (nSPS) is 20.0. The van der Waals surface area contributed by atoms with Gasteiger partial charge in [0.1, 0.15) is 5.52 Å². The fourth-order valence-corrected chi connectivity index (χ4v) is 3.84. The molecule has 1 aromatic heterocycles. The highest BCUT2D eigenvalue weighted by Gasteiger charge is 2.30. The molecule has 150 valence electrons. The molecule has 1 saturated carbocycles. The SMILES string of the molecule is Cc1cccc2nnc(NNC(=O)C(CC3CCCC3C)CN(O)C=O)nc12. The largest absolute Gasteiger partial charge is 0.286 e. The van der Waals surface area contributed by atoms with Crippen molar-refractivity contribution in [2.24, 2.45) is 17.8 Å². The van der Waals surface area contributed by atoms with Gasteiger partial charge in [-0.15, -0.1) is 10.2 Å². The van der Waals surface area contributed by atoms with Crippen LogP contribution in [0.5, 0.6) is 0 Å². The molecule has 1 fully saturated rings. The molecule has 0 bridgehead atoms. The molecule has 1 heterocycles. The number of hydrogen-bond acceptors (Lipinski definition) is 7. The van der Waals surface area contributed by atoms with Crippen molar-refractivity contribution in [3.05, 3.63) is 23.8 Å². The summed E-state index contributed by atoms with van der Waals surface area (Å²) in [4.78, 5) is 27.9. The topological polar surface area (TPSA) is 120 Å². The van der Waals surface area contributed by atoms with E-state index in [-0.39, 0.29) is 18.4 Å². The molecule has 3 unspecified atom stereocenters. The molecule has 0 saturated heterocycles. The zero-order valence-electron chi connectivity index (χ0n) is 16.1. The molecular formula is C19H26N6O3. The van der Waals surface area contributed by atoms with Crippen LogP contribution in [0.2, 0.25) is 0 Å². The smallest absolute Gasteiger partial charge is 0.262 e. The van der Waals surface area contributed by atoms with Crippen LogP contribution in [0.1, 0.15) is 38.2 Å². The van der Waals surface area contributed by atoms with Crippen molar-refractivity contribution < 1.29 is 14.8 Å². The summed E-state index contributed by atoms with van der Waals surface area (Å²) in [6.45, 7) is 4.04. The number of hydroxylamine groups is 2. The third-order valence-electron chi connectivity index (χ3n) is 5.51. The number of para-hydroxylation sites is 1. The number of rotatable bonds is 8. The third kappa shape index (κ3) is 4.72. The lowest BCUT2D eigenvalue weighted by atomic mass is 9.87. The maximum atomic E-state index is 12.7. The van der Waals surface area contributed by atoms with Crippen molar-refractivity contribution in [2.75, 3.05) is 12.0 Å². The molecule has 9 nitrogen and oxygen atoms in total. The molecule has 1 aliphatic rings. The van der Waals surface area contributed by atoms with E-state index in [1.54, 1.807) is 0 Å². The number of fused-ring (bicyclic) bond motifs is 1. The second kappa shape index (κ2) is 8.92. The summed E-state index contributed by atoms with van der Waals surface area (Å²) in [5.74, 6) is 0.246. The minimum atomic E-state index is -0.539. The van der Waals surface area contributed by atoms with Gasteiger partial charge in [0.05, 0.1) is 18.0 Å². The number of benzene rings is 1. The van der Waals surface area contributed by atoms with Crippen molar-refractivity contribution >= 4 is 29.3 Å². The number of amides is 2. The summed E-state index contributed by atoms with van der Waals surface area (Å²) >= 11 is 0. The average molecular weight is 386 g/mol. The second-order valence-electron chi connectivity index (χ2n) is 7.52. The first-order valence-corrected chi connectivity index (χ1v) is 9.54. The Morgan fingerprint density at radius 2 is 2.21 bits per heavy atom. The molecule has 28 heavy (non-hydrogen) atoms. The minimum absolute atomic E-state index is 0.0594. The molecule has 3 N–H and O–H groups in total. The summed E-state index contributed by atoms with van der Waals surface area (Å²) in [6, 6.07) is 5.62. The monoisotopic (exact) mass is 386 g/mol. The Labute approximate surface area is 163 Å². The van der Waals surface area contributed by atoms with E-state index in [1.807, 2.05) is 25.1 Å². The van der Waals surface area contributed by atoms with Gasteiger partial charge in [0.2, 0.25) is 12.3 Å². The molecular weight excluding hydrogens is 360 g/mol. The highest BCUT2D eigenvalue weighted by Crippen LogP contribution is 2.35. The molecule has 3 rings (SSSR count). The number of carbonyl (C=O) groups excluding carboxylic acids is 2. The first kappa shape index (κ1) is 19.9. The minimum Gasteiger partial charge on any atom is -0.286 e. The fourth-order valence-electron chi connectivity index (χ4n) is 3.84. The van der Waals surface area contributed by atoms with E-state index >= 15 is 0 Å². The Morgan fingerprint density at radius 3 is 2.93 bits per heavy atom. The molecule has 2 aromatic rings. The van der Waals surface area contributed by atoms with Crippen molar-refractivity contribution in [1.82, 2.24) is 25.7 Å². The van der Waals surface area contributed by atoms with Crippen molar-refractivity contribution in [3.8, 4) is 0 Å². The lowest BCUT2D eigenvalue weighted by Crippen LogP contribution is -2.41. The predicted octanol–water partition coefficient (Wildman–Crippen LogP) is 2.07. The number of nitrogens with one attached hydrogen (secondary N) is 2. The lowest BCUT2D eigenvalue weighted by Gasteiger charge is -2.24.